The van der Waals surface area contributed by atoms with E-state index >= 15 is 0 Å². The van der Waals surface area contributed by atoms with E-state index in [2.05, 4.69) is 9.93 Å². The van der Waals surface area contributed by atoms with Crippen LogP contribution in [0.1, 0.15) is 22.3 Å². The predicted octanol–water partition coefficient (Wildman–Crippen LogP) is 4.20. The number of ether oxygens (including phenoxy) is 2. The minimum atomic E-state index is -3.74. The average Bonchev–Trinajstić information content (AvgIpc) is 2.75. The maximum atomic E-state index is 12.4. The van der Waals surface area contributed by atoms with Crippen molar-refractivity contribution in [2.24, 2.45) is 5.10 Å². The van der Waals surface area contributed by atoms with E-state index in [1.165, 1.54) is 6.21 Å². The Morgan fingerprint density at radius 2 is 1.70 bits per heavy atom. The number of hydrazone groups is 1. The van der Waals surface area contributed by atoms with Crippen molar-refractivity contribution in [3.05, 3.63) is 89.0 Å². The fourth-order valence-corrected chi connectivity index (χ4v) is 3.60. The van der Waals surface area contributed by atoms with Crippen LogP contribution < -0.4 is 14.3 Å². The standard InChI is InChI=1S/C23H24N2O4S/c1-17-9-11-21(13-18(17)2)30(26,27)25-24-15-20-10-12-22(23(14-20)28-3)29-16-19-7-5-4-6-8-19/h4-15,25H,16H2,1-3H3/b24-15+. The van der Waals surface area contributed by atoms with Crippen LogP contribution in [-0.2, 0) is 16.6 Å². The van der Waals surface area contributed by atoms with E-state index in [-0.39, 0.29) is 4.90 Å². The largest absolute Gasteiger partial charge is 0.493 e. The molecule has 0 fully saturated rings. The Kier molecular flexibility index (Phi) is 6.74. The summed E-state index contributed by atoms with van der Waals surface area (Å²) in [5.74, 6) is 1.13. The number of hydrogen-bond acceptors (Lipinski definition) is 5. The summed E-state index contributed by atoms with van der Waals surface area (Å²) >= 11 is 0. The number of nitrogens with zero attached hydrogens (tertiary/aromatic N) is 1. The molecule has 0 saturated carbocycles. The molecule has 0 amide bonds. The lowest BCUT2D eigenvalue weighted by molar-refractivity contribution is 0.284. The van der Waals surface area contributed by atoms with Crippen LogP contribution in [0.4, 0.5) is 0 Å². The van der Waals surface area contributed by atoms with Crippen LogP contribution in [0, 0.1) is 13.8 Å². The summed E-state index contributed by atoms with van der Waals surface area (Å²) in [5, 5.41) is 3.88. The Labute approximate surface area is 177 Å². The SMILES string of the molecule is COc1cc(/C=N/NS(=O)(=O)c2ccc(C)c(C)c2)ccc1OCc1ccccc1. The van der Waals surface area contributed by atoms with Gasteiger partial charge in [0.1, 0.15) is 6.61 Å². The summed E-state index contributed by atoms with van der Waals surface area (Å²) in [6, 6.07) is 20.0. The molecule has 3 aromatic carbocycles. The monoisotopic (exact) mass is 424 g/mol. The second-order valence-electron chi connectivity index (χ2n) is 6.78. The highest BCUT2D eigenvalue weighted by Crippen LogP contribution is 2.28. The first-order valence-corrected chi connectivity index (χ1v) is 10.8. The van der Waals surface area contributed by atoms with Gasteiger partial charge in [0.25, 0.3) is 10.0 Å². The first-order valence-electron chi connectivity index (χ1n) is 9.36. The van der Waals surface area contributed by atoms with Gasteiger partial charge in [0.15, 0.2) is 11.5 Å². The number of benzene rings is 3. The maximum absolute atomic E-state index is 12.4. The molecule has 0 radical (unpaired) electrons. The summed E-state index contributed by atoms with van der Waals surface area (Å²) in [6.45, 7) is 4.21. The Balaban J connectivity index is 1.68. The van der Waals surface area contributed by atoms with E-state index in [1.54, 1.807) is 43.5 Å². The van der Waals surface area contributed by atoms with Gasteiger partial charge in [0.05, 0.1) is 18.2 Å². The van der Waals surface area contributed by atoms with Gasteiger partial charge in [0.2, 0.25) is 0 Å². The van der Waals surface area contributed by atoms with E-state index < -0.39 is 10.0 Å². The molecule has 0 aliphatic carbocycles. The smallest absolute Gasteiger partial charge is 0.276 e. The summed E-state index contributed by atoms with van der Waals surface area (Å²) in [5.41, 5.74) is 3.64. The first kappa shape index (κ1) is 21.4. The molecule has 3 rings (SSSR count). The van der Waals surface area contributed by atoms with Crippen LogP contribution in [0.15, 0.2) is 76.7 Å². The van der Waals surface area contributed by atoms with Crippen molar-refractivity contribution in [3.63, 3.8) is 0 Å². The molecular weight excluding hydrogens is 400 g/mol. The molecule has 0 bridgehead atoms. The van der Waals surface area contributed by atoms with Gasteiger partial charge < -0.3 is 9.47 Å². The zero-order valence-corrected chi connectivity index (χ0v) is 17.9. The van der Waals surface area contributed by atoms with Gasteiger partial charge in [-0.05, 0) is 66.4 Å². The average molecular weight is 425 g/mol. The van der Waals surface area contributed by atoms with Crippen LogP contribution >= 0.6 is 0 Å². The highest BCUT2D eigenvalue weighted by Gasteiger charge is 2.13. The van der Waals surface area contributed by atoms with Crippen molar-refractivity contribution in [1.82, 2.24) is 4.83 Å². The molecule has 0 aromatic heterocycles. The van der Waals surface area contributed by atoms with Crippen LogP contribution in [0.3, 0.4) is 0 Å². The molecule has 30 heavy (non-hydrogen) atoms. The minimum Gasteiger partial charge on any atom is -0.493 e. The third kappa shape index (κ3) is 5.39. The Bertz CT molecular complexity index is 1140. The second-order valence-corrected chi connectivity index (χ2v) is 8.44. The summed E-state index contributed by atoms with van der Waals surface area (Å²) < 4.78 is 36.0. The van der Waals surface area contributed by atoms with Gasteiger partial charge in [-0.3, -0.25) is 0 Å². The molecule has 0 spiro atoms. The van der Waals surface area contributed by atoms with E-state index in [9.17, 15) is 8.42 Å². The van der Waals surface area contributed by atoms with Crippen molar-refractivity contribution in [3.8, 4) is 11.5 Å². The number of methoxy groups -OCH3 is 1. The zero-order chi connectivity index (χ0) is 21.6. The van der Waals surface area contributed by atoms with Crippen molar-refractivity contribution in [2.75, 3.05) is 7.11 Å². The molecule has 3 aromatic rings. The minimum absolute atomic E-state index is 0.171. The van der Waals surface area contributed by atoms with Crippen LogP contribution in [0.2, 0.25) is 0 Å². The molecule has 0 heterocycles. The lowest BCUT2D eigenvalue weighted by atomic mass is 10.1. The van der Waals surface area contributed by atoms with Crippen LogP contribution in [-0.4, -0.2) is 21.7 Å². The lowest BCUT2D eigenvalue weighted by Crippen LogP contribution is -2.18. The van der Waals surface area contributed by atoms with Crippen molar-refractivity contribution in [2.45, 2.75) is 25.3 Å². The number of hydrogen-bond donors (Lipinski definition) is 1. The zero-order valence-electron chi connectivity index (χ0n) is 17.1. The Morgan fingerprint density at radius 3 is 2.40 bits per heavy atom. The van der Waals surface area contributed by atoms with Crippen LogP contribution in [0.5, 0.6) is 11.5 Å². The van der Waals surface area contributed by atoms with Gasteiger partial charge in [-0.1, -0.05) is 36.4 Å². The van der Waals surface area contributed by atoms with E-state index in [4.69, 9.17) is 9.47 Å². The van der Waals surface area contributed by atoms with Crippen molar-refractivity contribution in [1.29, 1.82) is 0 Å². The molecule has 0 saturated heterocycles. The summed E-state index contributed by atoms with van der Waals surface area (Å²) in [7, 11) is -2.19. The quantitative estimate of drug-likeness (QED) is 0.434. The van der Waals surface area contributed by atoms with Crippen LogP contribution in [0.25, 0.3) is 0 Å². The molecular formula is C23H24N2O4S. The second kappa shape index (κ2) is 9.45. The fraction of sp³-hybridized carbons (Fsp3) is 0.174. The van der Waals surface area contributed by atoms with Crippen molar-refractivity contribution >= 4 is 16.2 Å². The van der Waals surface area contributed by atoms with E-state index in [0.29, 0.717) is 23.7 Å². The van der Waals surface area contributed by atoms with E-state index in [0.717, 1.165) is 16.7 Å². The third-order valence-corrected chi connectivity index (χ3v) is 5.82. The normalized spacial score (nSPS) is 11.4. The van der Waals surface area contributed by atoms with Gasteiger partial charge in [-0.25, -0.2) is 4.83 Å². The molecule has 0 atom stereocenters. The topological polar surface area (TPSA) is 77.0 Å². The number of rotatable bonds is 8. The summed E-state index contributed by atoms with van der Waals surface area (Å²) in [6.07, 6.45) is 1.42. The number of nitrogens with one attached hydrogen (secondary N) is 1. The molecule has 0 aliphatic rings. The molecule has 0 aliphatic heterocycles. The van der Waals surface area contributed by atoms with Gasteiger partial charge in [-0.15, -0.1) is 0 Å². The van der Waals surface area contributed by atoms with Crippen molar-refractivity contribution < 1.29 is 17.9 Å². The molecule has 1 N–H and O–H groups in total. The third-order valence-electron chi connectivity index (χ3n) is 4.60. The predicted molar refractivity (Wildman–Crippen MR) is 118 cm³/mol. The molecule has 0 unspecified atom stereocenters. The fourth-order valence-electron chi connectivity index (χ4n) is 2.72. The van der Waals surface area contributed by atoms with E-state index in [1.807, 2.05) is 44.2 Å². The maximum Gasteiger partial charge on any atom is 0.276 e. The Hall–Kier alpha value is -3.32. The number of sulfonamides is 1. The van der Waals surface area contributed by atoms with Gasteiger partial charge >= 0.3 is 0 Å². The molecule has 7 heteroatoms. The first-order chi connectivity index (χ1) is 14.4. The highest BCUT2D eigenvalue weighted by molar-refractivity contribution is 7.89. The Morgan fingerprint density at radius 1 is 0.933 bits per heavy atom. The summed E-state index contributed by atoms with van der Waals surface area (Å²) in [4.78, 5) is 2.41. The molecule has 156 valence electrons. The molecule has 6 nitrogen and oxygen atoms in total. The lowest BCUT2D eigenvalue weighted by Gasteiger charge is -2.11. The van der Waals surface area contributed by atoms with Gasteiger partial charge in [-0.2, -0.15) is 13.5 Å². The van der Waals surface area contributed by atoms with Gasteiger partial charge in [0, 0.05) is 0 Å². The number of aryl methyl sites for hydroxylation is 2. The highest BCUT2D eigenvalue weighted by atomic mass is 32.2.